The van der Waals surface area contributed by atoms with Crippen molar-refractivity contribution in [1.82, 2.24) is 9.55 Å². The first-order chi connectivity index (χ1) is 15.0. The highest BCUT2D eigenvalue weighted by Crippen LogP contribution is 2.34. The summed E-state index contributed by atoms with van der Waals surface area (Å²) >= 11 is 2.95. The van der Waals surface area contributed by atoms with Crippen molar-refractivity contribution >= 4 is 44.9 Å². The molecule has 2 heterocycles. The minimum Gasteiger partial charge on any atom is -0.325 e. The molecule has 4 rings (SSSR count). The van der Waals surface area contributed by atoms with Crippen LogP contribution in [-0.2, 0) is 24.2 Å². The topological polar surface area (TPSA) is 64.0 Å². The van der Waals surface area contributed by atoms with Gasteiger partial charge in [0.1, 0.15) is 4.83 Å². The molecule has 7 heteroatoms. The van der Waals surface area contributed by atoms with E-state index in [1.807, 2.05) is 32.0 Å². The molecule has 1 amide bonds. The zero-order valence-electron chi connectivity index (χ0n) is 18.0. The summed E-state index contributed by atoms with van der Waals surface area (Å²) in [6.45, 7) is 8.15. The predicted molar refractivity (Wildman–Crippen MR) is 131 cm³/mol. The summed E-state index contributed by atoms with van der Waals surface area (Å²) in [5.41, 5.74) is 4.09. The maximum atomic E-state index is 13.4. The van der Waals surface area contributed by atoms with E-state index in [2.05, 4.69) is 11.9 Å². The first-order valence-corrected chi connectivity index (χ1v) is 12.4. The molecule has 31 heavy (non-hydrogen) atoms. The van der Waals surface area contributed by atoms with Gasteiger partial charge in [-0.15, -0.1) is 17.9 Å². The van der Waals surface area contributed by atoms with Crippen LogP contribution >= 0.6 is 23.1 Å². The average molecular weight is 454 g/mol. The molecule has 0 saturated carbocycles. The summed E-state index contributed by atoms with van der Waals surface area (Å²) in [6.07, 6.45) is 7.18. The van der Waals surface area contributed by atoms with Crippen LogP contribution in [0.15, 0.2) is 40.8 Å². The summed E-state index contributed by atoms with van der Waals surface area (Å²) in [4.78, 5) is 32.9. The zero-order valence-corrected chi connectivity index (χ0v) is 19.6. The van der Waals surface area contributed by atoms with Crippen LogP contribution in [0.4, 0.5) is 5.69 Å². The molecule has 0 bridgehead atoms. The highest BCUT2D eigenvalue weighted by atomic mass is 32.2. The molecule has 1 aliphatic carbocycles. The SMILES string of the molecule is C=CCn1c(SCC(=O)Nc2c(C)cccc2C)nc2sc3c(c2c1=O)CCCCC3. The van der Waals surface area contributed by atoms with Crippen LogP contribution in [0.25, 0.3) is 10.2 Å². The predicted octanol–water partition coefficient (Wildman–Crippen LogP) is 5.26. The normalized spacial score (nSPS) is 13.6. The number of thiophene rings is 1. The fourth-order valence-corrected chi connectivity index (χ4v) is 6.23. The number of allylic oxidation sites excluding steroid dienone is 1. The molecule has 3 aromatic rings. The number of nitrogens with one attached hydrogen (secondary N) is 1. The minimum atomic E-state index is -0.108. The van der Waals surface area contributed by atoms with Crippen molar-refractivity contribution in [1.29, 1.82) is 0 Å². The highest BCUT2D eigenvalue weighted by Gasteiger charge is 2.21. The average Bonchev–Trinajstić information content (AvgIpc) is 2.93. The van der Waals surface area contributed by atoms with Gasteiger partial charge in [-0.1, -0.05) is 42.5 Å². The van der Waals surface area contributed by atoms with Crippen LogP contribution in [0.1, 0.15) is 40.8 Å². The van der Waals surface area contributed by atoms with E-state index >= 15 is 0 Å². The molecule has 0 spiro atoms. The van der Waals surface area contributed by atoms with Gasteiger partial charge in [-0.3, -0.25) is 14.2 Å². The van der Waals surface area contributed by atoms with Gasteiger partial charge >= 0.3 is 0 Å². The Labute approximate surface area is 190 Å². The van der Waals surface area contributed by atoms with Crippen molar-refractivity contribution in [2.75, 3.05) is 11.1 Å². The third-order valence-electron chi connectivity index (χ3n) is 5.68. The molecule has 0 atom stereocenters. The quantitative estimate of drug-likeness (QED) is 0.239. The first kappa shape index (κ1) is 21.8. The second kappa shape index (κ2) is 9.40. The molecule has 1 aliphatic rings. The van der Waals surface area contributed by atoms with Crippen LogP contribution in [0.5, 0.6) is 0 Å². The van der Waals surface area contributed by atoms with Crippen molar-refractivity contribution in [3.63, 3.8) is 0 Å². The number of thioether (sulfide) groups is 1. The number of carbonyl (C=O) groups is 1. The van der Waals surface area contributed by atoms with Gasteiger partial charge in [-0.2, -0.15) is 0 Å². The summed E-state index contributed by atoms with van der Waals surface area (Å²) in [6, 6.07) is 5.94. The molecule has 0 aliphatic heterocycles. The largest absolute Gasteiger partial charge is 0.325 e. The van der Waals surface area contributed by atoms with E-state index in [-0.39, 0.29) is 17.2 Å². The molecule has 2 aromatic heterocycles. The number of para-hydroxylation sites is 1. The minimum absolute atomic E-state index is 0.0121. The van der Waals surface area contributed by atoms with Gasteiger partial charge in [0.15, 0.2) is 5.16 Å². The van der Waals surface area contributed by atoms with Crippen molar-refractivity contribution in [3.8, 4) is 0 Å². The van der Waals surface area contributed by atoms with E-state index in [1.165, 1.54) is 35.0 Å². The second-order valence-electron chi connectivity index (χ2n) is 7.95. The maximum Gasteiger partial charge on any atom is 0.263 e. The van der Waals surface area contributed by atoms with Crippen molar-refractivity contribution in [2.24, 2.45) is 0 Å². The first-order valence-electron chi connectivity index (χ1n) is 10.6. The van der Waals surface area contributed by atoms with E-state index < -0.39 is 0 Å². The van der Waals surface area contributed by atoms with E-state index in [9.17, 15) is 9.59 Å². The van der Waals surface area contributed by atoms with Gasteiger partial charge in [0.2, 0.25) is 5.91 Å². The fourth-order valence-electron chi connectivity index (χ4n) is 4.11. The Morgan fingerprint density at radius 3 is 2.74 bits per heavy atom. The van der Waals surface area contributed by atoms with E-state index in [0.717, 1.165) is 46.3 Å². The van der Waals surface area contributed by atoms with E-state index in [4.69, 9.17) is 4.98 Å². The molecule has 0 fully saturated rings. The highest BCUT2D eigenvalue weighted by molar-refractivity contribution is 7.99. The van der Waals surface area contributed by atoms with Crippen LogP contribution in [0.2, 0.25) is 0 Å². The van der Waals surface area contributed by atoms with Gasteiger partial charge < -0.3 is 5.32 Å². The van der Waals surface area contributed by atoms with Gasteiger partial charge in [0.25, 0.3) is 5.56 Å². The number of aromatic nitrogens is 2. The molecule has 5 nitrogen and oxygen atoms in total. The lowest BCUT2D eigenvalue weighted by Gasteiger charge is -2.13. The zero-order chi connectivity index (χ0) is 22.0. The number of aryl methyl sites for hydroxylation is 4. The molecule has 1 aromatic carbocycles. The van der Waals surface area contributed by atoms with Crippen LogP contribution in [0, 0.1) is 13.8 Å². The number of fused-ring (bicyclic) bond motifs is 3. The third kappa shape index (κ3) is 4.48. The smallest absolute Gasteiger partial charge is 0.263 e. The molecule has 162 valence electrons. The lowest BCUT2D eigenvalue weighted by molar-refractivity contribution is -0.113. The number of hydrogen-bond acceptors (Lipinski definition) is 5. The maximum absolute atomic E-state index is 13.4. The van der Waals surface area contributed by atoms with Crippen molar-refractivity contribution < 1.29 is 4.79 Å². The van der Waals surface area contributed by atoms with Crippen molar-refractivity contribution in [2.45, 2.75) is 57.7 Å². The Kier molecular flexibility index (Phi) is 6.62. The number of anilines is 1. The van der Waals surface area contributed by atoms with Gasteiger partial charge in [-0.05, 0) is 56.2 Å². The van der Waals surface area contributed by atoms with Crippen molar-refractivity contribution in [3.05, 3.63) is 62.8 Å². The number of amides is 1. The Balaban J connectivity index is 1.62. The molecule has 0 radical (unpaired) electrons. The number of rotatable bonds is 6. The molecule has 0 saturated heterocycles. The van der Waals surface area contributed by atoms with E-state index in [0.29, 0.717) is 11.7 Å². The third-order valence-corrected chi connectivity index (χ3v) is 7.84. The standard InChI is InChI=1S/C24H27N3O2S2/c1-4-13-27-23(29)20-17-11-6-5-7-12-18(17)31-22(20)26-24(27)30-14-19(28)25-21-15(2)9-8-10-16(21)3/h4,8-10H,1,5-7,11-14H2,2-3H3,(H,25,28). The summed E-state index contributed by atoms with van der Waals surface area (Å²) in [5.74, 6) is 0.0809. The van der Waals surface area contributed by atoms with Crippen LogP contribution < -0.4 is 10.9 Å². The number of nitrogens with zero attached hydrogens (tertiary/aromatic N) is 2. The molecular weight excluding hydrogens is 426 g/mol. The lowest BCUT2D eigenvalue weighted by Crippen LogP contribution is -2.24. The fraction of sp³-hybridized carbons (Fsp3) is 0.375. The van der Waals surface area contributed by atoms with Gasteiger partial charge in [-0.25, -0.2) is 4.98 Å². The Morgan fingerprint density at radius 1 is 1.26 bits per heavy atom. The van der Waals surface area contributed by atoms with Gasteiger partial charge in [0.05, 0.1) is 11.1 Å². The summed E-state index contributed by atoms with van der Waals surface area (Å²) in [7, 11) is 0. The van der Waals surface area contributed by atoms with Gasteiger partial charge in [0, 0.05) is 17.1 Å². The van der Waals surface area contributed by atoms with Crippen LogP contribution in [0.3, 0.4) is 0 Å². The summed E-state index contributed by atoms with van der Waals surface area (Å²) < 4.78 is 1.66. The second-order valence-corrected chi connectivity index (χ2v) is 9.97. The Hall–Kier alpha value is -2.38. The number of hydrogen-bond donors (Lipinski definition) is 1. The molecule has 0 unspecified atom stereocenters. The van der Waals surface area contributed by atoms with E-state index in [1.54, 1.807) is 22.0 Å². The molecular formula is C24H27N3O2S2. The number of carbonyl (C=O) groups excluding carboxylic acids is 1. The van der Waals surface area contributed by atoms with Crippen LogP contribution in [-0.4, -0.2) is 21.2 Å². The monoisotopic (exact) mass is 453 g/mol. The molecule has 1 N–H and O–H groups in total. The summed E-state index contributed by atoms with van der Waals surface area (Å²) in [5, 5.41) is 4.35. The Bertz CT molecular complexity index is 1190. The Morgan fingerprint density at radius 2 is 2.00 bits per heavy atom. The number of benzene rings is 1. The lowest BCUT2D eigenvalue weighted by atomic mass is 10.1.